The van der Waals surface area contributed by atoms with Crippen molar-refractivity contribution < 1.29 is 33.3 Å². The minimum atomic E-state index is -0.713. The third-order valence-electron chi connectivity index (χ3n) is 5.23. The normalized spacial score (nSPS) is 43.2. The lowest BCUT2D eigenvalue weighted by Crippen LogP contribution is -2.33. The highest BCUT2D eigenvalue weighted by atomic mass is 16.6. The molecule has 0 aromatic rings. The largest absolute Gasteiger partial charge is 0.458 e. The molecule has 24 heavy (non-hydrogen) atoms. The first-order chi connectivity index (χ1) is 11.3. The zero-order valence-electron chi connectivity index (χ0n) is 13.4. The first-order valence-corrected chi connectivity index (χ1v) is 7.96. The number of epoxide rings is 1. The van der Waals surface area contributed by atoms with Gasteiger partial charge in [0.25, 0.3) is 0 Å². The van der Waals surface area contributed by atoms with Gasteiger partial charge in [-0.25, -0.2) is 9.59 Å². The predicted molar refractivity (Wildman–Crippen MR) is 78.5 cm³/mol. The number of hydrogen-bond acceptors (Lipinski definition) is 7. The zero-order valence-corrected chi connectivity index (χ0v) is 13.4. The molecule has 4 rings (SSSR count). The Morgan fingerprint density at radius 3 is 2.79 bits per heavy atom. The van der Waals surface area contributed by atoms with Gasteiger partial charge in [-0.3, -0.25) is 4.79 Å². The van der Waals surface area contributed by atoms with Crippen LogP contribution >= 0.6 is 0 Å². The van der Waals surface area contributed by atoms with Crippen molar-refractivity contribution in [2.75, 3.05) is 0 Å². The summed E-state index contributed by atoms with van der Waals surface area (Å²) < 4.78 is 21.9. The lowest BCUT2D eigenvalue weighted by atomic mass is 9.83. The van der Waals surface area contributed by atoms with Crippen molar-refractivity contribution in [3.05, 3.63) is 23.8 Å². The van der Waals surface area contributed by atoms with E-state index < -0.39 is 47.7 Å². The molecule has 6 atom stereocenters. The Kier molecular flexibility index (Phi) is 3.16. The molecule has 0 radical (unpaired) electrons. The molecule has 1 aliphatic carbocycles. The van der Waals surface area contributed by atoms with E-state index in [1.54, 1.807) is 6.08 Å². The summed E-state index contributed by atoms with van der Waals surface area (Å²) in [4.78, 5) is 35.6. The molecule has 128 valence electrons. The van der Waals surface area contributed by atoms with Gasteiger partial charge < -0.3 is 18.9 Å². The smallest absolute Gasteiger partial charge is 0.338 e. The van der Waals surface area contributed by atoms with E-state index in [0.717, 1.165) is 0 Å². The van der Waals surface area contributed by atoms with E-state index in [9.17, 15) is 14.4 Å². The summed E-state index contributed by atoms with van der Waals surface area (Å²) in [5.41, 5.74) is 0.105. The van der Waals surface area contributed by atoms with Crippen LogP contribution in [-0.4, -0.2) is 47.9 Å². The average molecular weight is 334 g/mol. The molecule has 2 saturated heterocycles. The van der Waals surface area contributed by atoms with Gasteiger partial charge in [0.2, 0.25) is 0 Å². The van der Waals surface area contributed by atoms with Crippen molar-refractivity contribution in [2.24, 2.45) is 5.92 Å². The van der Waals surface area contributed by atoms with Crippen LogP contribution in [0.25, 0.3) is 0 Å². The highest BCUT2D eigenvalue weighted by Crippen LogP contribution is 2.49. The van der Waals surface area contributed by atoms with Crippen LogP contribution in [0.5, 0.6) is 0 Å². The fourth-order valence-corrected chi connectivity index (χ4v) is 3.91. The second-order valence-electron chi connectivity index (χ2n) is 6.94. The van der Waals surface area contributed by atoms with Crippen LogP contribution in [0.1, 0.15) is 26.7 Å². The summed E-state index contributed by atoms with van der Waals surface area (Å²) in [5.74, 6) is -1.93. The lowest BCUT2D eigenvalue weighted by molar-refractivity contribution is -0.148. The van der Waals surface area contributed by atoms with Gasteiger partial charge in [-0.15, -0.1) is 0 Å². The third-order valence-corrected chi connectivity index (χ3v) is 5.23. The highest BCUT2D eigenvalue weighted by molar-refractivity contribution is 5.94. The molecular weight excluding hydrogens is 316 g/mol. The average Bonchev–Trinajstić information content (AvgIpc) is 2.80. The second kappa shape index (κ2) is 4.92. The van der Waals surface area contributed by atoms with Crippen LogP contribution in [0.4, 0.5) is 0 Å². The van der Waals surface area contributed by atoms with Crippen LogP contribution < -0.4 is 0 Å². The Balaban J connectivity index is 1.73. The topological polar surface area (TPSA) is 91.4 Å². The fourth-order valence-electron chi connectivity index (χ4n) is 3.91. The lowest BCUT2D eigenvalue weighted by Gasteiger charge is -2.23. The van der Waals surface area contributed by atoms with Gasteiger partial charge in [-0.1, -0.05) is 6.58 Å². The first kappa shape index (κ1) is 15.4. The maximum absolute atomic E-state index is 12.3. The van der Waals surface area contributed by atoms with Crippen LogP contribution in [0.3, 0.4) is 0 Å². The molecule has 7 nitrogen and oxygen atoms in total. The van der Waals surface area contributed by atoms with Crippen molar-refractivity contribution in [1.29, 1.82) is 0 Å². The Morgan fingerprint density at radius 1 is 1.33 bits per heavy atom. The van der Waals surface area contributed by atoms with E-state index in [1.807, 2.05) is 6.92 Å². The Labute approximate surface area is 138 Å². The molecule has 4 aliphatic rings. The number of hydrogen-bond donors (Lipinski definition) is 0. The quantitative estimate of drug-likeness (QED) is 0.303. The Morgan fingerprint density at radius 2 is 2.08 bits per heavy atom. The van der Waals surface area contributed by atoms with Crippen LogP contribution in [-0.2, 0) is 33.3 Å². The number of fused-ring (bicyclic) bond motifs is 4. The SMILES string of the molecule is C=C1C(=O)O[C@H]2C[C@@]3(C)O[C@H]3C[C@@H](OC(C)=O)C3=C[C@@H](OC3=O)[C@H]12. The molecule has 0 aromatic heterocycles. The minimum absolute atomic E-state index is 0.180. The predicted octanol–water partition coefficient (Wildman–Crippen LogP) is 0.819. The Hall–Kier alpha value is -2.15. The van der Waals surface area contributed by atoms with Gasteiger partial charge in [0.05, 0.1) is 23.2 Å². The van der Waals surface area contributed by atoms with Gasteiger partial charge in [0.15, 0.2) is 0 Å². The number of rotatable bonds is 1. The minimum Gasteiger partial charge on any atom is -0.458 e. The van der Waals surface area contributed by atoms with Crippen molar-refractivity contribution in [2.45, 2.75) is 56.7 Å². The third kappa shape index (κ3) is 2.26. The van der Waals surface area contributed by atoms with E-state index in [4.69, 9.17) is 18.9 Å². The van der Waals surface area contributed by atoms with Gasteiger partial charge in [0, 0.05) is 25.3 Å². The van der Waals surface area contributed by atoms with Gasteiger partial charge in [-0.05, 0) is 13.0 Å². The molecular formula is C17H18O7. The molecule has 2 fully saturated rings. The summed E-state index contributed by atoms with van der Waals surface area (Å²) >= 11 is 0. The first-order valence-electron chi connectivity index (χ1n) is 7.96. The van der Waals surface area contributed by atoms with Crippen LogP contribution in [0.2, 0.25) is 0 Å². The molecule has 0 spiro atoms. The summed E-state index contributed by atoms with van der Waals surface area (Å²) in [5, 5.41) is 0. The number of carbonyl (C=O) groups is 3. The van der Waals surface area contributed by atoms with Gasteiger partial charge in [-0.2, -0.15) is 0 Å². The Bertz CT molecular complexity index is 693. The molecule has 0 N–H and O–H groups in total. The van der Waals surface area contributed by atoms with E-state index >= 15 is 0 Å². The summed E-state index contributed by atoms with van der Waals surface area (Å²) in [6.07, 6.45) is 0.501. The molecule has 0 unspecified atom stereocenters. The molecule has 7 heteroatoms. The molecule has 0 saturated carbocycles. The summed E-state index contributed by atoms with van der Waals surface area (Å²) in [6.45, 7) is 7.02. The molecule has 2 bridgehead atoms. The molecule has 3 aliphatic heterocycles. The molecule has 0 amide bonds. The van der Waals surface area contributed by atoms with Gasteiger partial charge >= 0.3 is 17.9 Å². The maximum atomic E-state index is 12.3. The number of carbonyl (C=O) groups excluding carboxylic acids is 3. The zero-order chi connectivity index (χ0) is 17.2. The van der Waals surface area contributed by atoms with Crippen molar-refractivity contribution >= 4 is 17.9 Å². The van der Waals surface area contributed by atoms with Crippen LogP contribution in [0, 0.1) is 5.92 Å². The van der Waals surface area contributed by atoms with E-state index in [0.29, 0.717) is 24.0 Å². The van der Waals surface area contributed by atoms with Gasteiger partial charge in [0.1, 0.15) is 18.3 Å². The number of ether oxygens (including phenoxy) is 4. The van der Waals surface area contributed by atoms with E-state index in [-0.39, 0.29) is 6.10 Å². The van der Waals surface area contributed by atoms with Crippen LogP contribution in [0.15, 0.2) is 23.8 Å². The fraction of sp³-hybridized carbons (Fsp3) is 0.588. The van der Waals surface area contributed by atoms with E-state index in [1.165, 1.54) is 6.92 Å². The van der Waals surface area contributed by atoms with E-state index in [2.05, 4.69) is 6.58 Å². The summed E-state index contributed by atoms with van der Waals surface area (Å²) in [6, 6.07) is 0. The summed E-state index contributed by atoms with van der Waals surface area (Å²) in [7, 11) is 0. The van der Waals surface area contributed by atoms with Crippen molar-refractivity contribution in [1.82, 2.24) is 0 Å². The maximum Gasteiger partial charge on any atom is 0.338 e. The highest BCUT2D eigenvalue weighted by Gasteiger charge is 2.60. The number of esters is 3. The molecule has 3 heterocycles. The second-order valence-corrected chi connectivity index (χ2v) is 6.94. The van der Waals surface area contributed by atoms with Crippen molar-refractivity contribution in [3.63, 3.8) is 0 Å². The van der Waals surface area contributed by atoms with Crippen molar-refractivity contribution in [3.8, 4) is 0 Å². The monoisotopic (exact) mass is 334 g/mol. The molecule has 0 aromatic carbocycles. The standard InChI is InChI=1S/C17H18O7/c1-7-14-11-4-9(16(20)22-11)10(21-8(2)18)5-13-17(3,24-13)6-12(14)23-15(7)19/h4,10-14H,1,5-6H2,2-3H3/t10-,11-,12+,13+,14+,17-/m1/s1.